The normalized spacial score (nSPS) is 19.5. The Kier molecular flexibility index (Phi) is 7.76. The van der Waals surface area contributed by atoms with Crippen molar-refractivity contribution < 1.29 is 13.6 Å². The molecule has 3 aliphatic heterocycles. The number of halogens is 3. The molecule has 0 aliphatic carbocycles. The molecule has 4 aromatic rings. The lowest BCUT2D eigenvalue weighted by atomic mass is 9.88. The van der Waals surface area contributed by atoms with E-state index in [0.29, 0.717) is 47.7 Å². The number of likely N-dealkylation sites (N-methyl/N-ethyl adjacent to an activating group) is 1. The topological polar surface area (TPSA) is 93.7 Å². The fraction of sp³-hybridized carbons (Fsp3) is 0.400. The molecule has 7 rings (SSSR count). The molecule has 2 saturated heterocycles. The Morgan fingerprint density at radius 1 is 1.21 bits per heavy atom. The molecule has 5 heterocycles. The maximum atomic E-state index is 17.2. The maximum absolute atomic E-state index is 17.2. The smallest absolute Gasteiger partial charge is 0.282 e. The average molecular weight is 657 g/mol. The lowest BCUT2D eigenvalue weighted by molar-refractivity contribution is -0.132. The van der Waals surface area contributed by atoms with Gasteiger partial charge >= 0.3 is 0 Å². The van der Waals surface area contributed by atoms with Crippen LogP contribution in [0.2, 0.25) is 5.02 Å². The molecular formula is C35H35ClF2N8O. The number of aliphatic imine (C=N–C) groups is 1. The Hall–Kier alpha value is -4.40. The highest BCUT2D eigenvalue weighted by Gasteiger charge is 2.37. The van der Waals surface area contributed by atoms with E-state index in [0.717, 1.165) is 46.3 Å². The number of rotatable bonds is 6. The number of carbonyl (C=O) groups excluding carboxylic acids is 1. The number of carbonyl (C=O) groups is 1. The molecule has 0 unspecified atom stereocenters. The molecule has 0 bridgehead atoms. The number of fused-ring (bicyclic) bond motifs is 4. The van der Waals surface area contributed by atoms with E-state index in [9.17, 15) is 14.4 Å². The third kappa shape index (κ3) is 4.97. The van der Waals surface area contributed by atoms with Crippen molar-refractivity contribution in [1.29, 1.82) is 5.26 Å². The number of hydrogen-bond acceptors (Lipinski definition) is 7. The maximum Gasteiger partial charge on any atom is 0.282 e. The van der Waals surface area contributed by atoms with Crippen molar-refractivity contribution in [3.05, 3.63) is 63.8 Å². The number of nitrogens with zero attached hydrogens (tertiary/aromatic N) is 8. The molecule has 9 nitrogen and oxygen atoms in total. The molecule has 0 N–H and O–H groups in total. The van der Waals surface area contributed by atoms with Crippen LogP contribution in [0.1, 0.15) is 47.6 Å². The van der Waals surface area contributed by atoms with Gasteiger partial charge in [0.1, 0.15) is 11.3 Å². The number of pyridine rings is 1. The fourth-order valence-corrected chi connectivity index (χ4v) is 7.66. The molecule has 242 valence electrons. The third-order valence-corrected chi connectivity index (χ3v) is 10.5. The third-order valence-electron chi connectivity index (χ3n) is 10.2. The van der Waals surface area contributed by atoms with Gasteiger partial charge in [0.05, 0.1) is 47.2 Å². The summed E-state index contributed by atoms with van der Waals surface area (Å²) in [4.78, 5) is 27.7. The highest BCUT2D eigenvalue weighted by molar-refractivity contribution is 6.35. The van der Waals surface area contributed by atoms with Crippen molar-refractivity contribution in [2.24, 2.45) is 4.99 Å². The molecule has 2 aromatic carbocycles. The molecule has 2 aromatic heterocycles. The number of amides is 1. The summed E-state index contributed by atoms with van der Waals surface area (Å²) in [6.07, 6.45) is 4.43. The minimum Gasteiger partial charge on any atom is -0.353 e. The molecule has 0 spiro atoms. The number of aromatic nitrogens is 3. The first-order valence-corrected chi connectivity index (χ1v) is 16.1. The number of hydrogen-bond donors (Lipinski definition) is 0. The van der Waals surface area contributed by atoms with Crippen LogP contribution in [-0.4, -0.2) is 82.5 Å². The van der Waals surface area contributed by atoms with Crippen molar-refractivity contribution in [2.75, 3.05) is 38.6 Å². The fourth-order valence-electron chi connectivity index (χ4n) is 7.38. The summed E-state index contributed by atoms with van der Waals surface area (Å²) < 4.78 is 32.9. The Balaban J connectivity index is 1.43. The number of likely N-dealkylation sites (tertiary alicyclic amines) is 1. The summed E-state index contributed by atoms with van der Waals surface area (Å²) in [5.41, 5.74) is 5.78. The molecule has 2 atom stereocenters. The van der Waals surface area contributed by atoms with Crippen LogP contribution in [0.5, 0.6) is 0 Å². The Labute approximate surface area is 276 Å². The molecule has 12 heteroatoms. The summed E-state index contributed by atoms with van der Waals surface area (Å²) >= 11 is 7.04. The number of aryl methyl sites for hydroxylation is 1. The highest BCUT2D eigenvalue weighted by atomic mass is 35.5. The van der Waals surface area contributed by atoms with Crippen LogP contribution in [0.3, 0.4) is 0 Å². The minimum absolute atomic E-state index is 0.0370. The minimum atomic E-state index is -1.05. The average Bonchev–Trinajstić information content (AvgIpc) is 3.66. The lowest BCUT2D eigenvalue weighted by Crippen LogP contribution is -2.57. The summed E-state index contributed by atoms with van der Waals surface area (Å²) in [5, 5.41) is 15.9. The first-order chi connectivity index (χ1) is 22.5. The monoisotopic (exact) mass is 656 g/mol. The highest BCUT2D eigenvalue weighted by Crippen LogP contribution is 2.45. The van der Waals surface area contributed by atoms with E-state index in [1.54, 1.807) is 18.5 Å². The number of piperidine rings is 1. The largest absolute Gasteiger partial charge is 0.353 e. The molecule has 3 aliphatic rings. The van der Waals surface area contributed by atoms with E-state index in [-0.39, 0.29) is 29.5 Å². The van der Waals surface area contributed by atoms with Crippen LogP contribution in [-0.2, 0) is 11.3 Å². The molecule has 1 amide bonds. The van der Waals surface area contributed by atoms with Crippen LogP contribution in [0.4, 0.5) is 14.6 Å². The molecule has 0 saturated carbocycles. The number of nitriles is 1. The van der Waals surface area contributed by atoms with Gasteiger partial charge in [-0.3, -0.25) is 14.5 Å². The molecular weight excluding hydrogens is 622 g/mol. The van der Waals surface area contributed by atoms with Crippen molar-refractivity contribution in [2.45, 2.75) is 57.8 Å². The van der Waals surface area contributed by atoms with Gasteiger partial charge in [0.15, 0.2) is 11.6 Å². The van der Waals surface area contributed by atoms with E-state index in [1.165, 1.54) is 4.90 Å². The molecule has 2 fully saturated rings. The van der Waals surface area contributed by atoms with Gasteiger partial charge in [-0.25, -0.2) is 13.8 Å². The van der Waals surface area contributed by atoms with E-state index in [1.807, 2.05) is 32.6 Å². The van der Waals surface area contributed by atoms with Gasteiger partial charge in [-0.15, -0.1) is 0 Å². The van der Waals surface area contributed by atoms with Crippen LogP contribution in [0, 0.1) is 31.0 Å². The second kappa shape index (κ2) is 11.7. The predicted molar refractivity (Wildman–Crippen MR) is 180 cm³/mol. The molecule has 47 heavy (non-hydrogen) atoms. The van der Waals surface area contributed by atoms with Crippen molar-refractivity contribution in [3.63, 3.8) is 0 Å². The van der Waals surface area contributed by atoms with Crippen LogP contribution in [0.25, 0.3) is 32.9 Å². The lowest BCUT2D eigenvalue weighted by Gasteiger charge is -2.43. The van der Waals surface area contributed by atoms with Gasteiger partial charge < -0.3 is 14.7 Å². The van der Waals surface area contributed by atoms with E-state index in [4.69, 9.17) is 21.7 Å². The van der Waals surface area contributed by atoms with Crippen LogP contribution < -0.4 is 4.90 Å². The zero-order chi connectivity index (χ0) is 33.3. The van der Waals surface area contributed by atoms with Crippen LogP contribution >= 0.6 is 11.6 Å². The van der Waals surface area contributed by atoms with Gasteiger partial charge in [0.25, 0.3) is 5.91 Å². The SMILES string of the molecule is C=C(F)C(=O)N1CC[C@H](n2ncc3c(N4CC(N(C)C)C4)nc4c(F)c(-c5c(C)c(C)cc6c5C=NC6)c(Cl)cc4c32)C[C@H]1CC#N. The molecule has 0 radical (unpaired) electrons. The summed E-state index contributed by atoms with van der Waals surface area (Å²) in [6, 6.07) is 5.58. The summed E-state index contributed by atoms with van der Waals surface area (Å²) in [5.74, 6) is -1.71. The Bertz CT molecular complexity index is 2060. The van der Waals surface area contributed by atoms with E-state index < -0.39 is 23.6 Å². The first kappa shape index (κ1) is 31.2. The van der Waals surface area contributed by atoms with Crippen molar-refractivity contribution in [1.82, 2.24) is 24.6 Å². The van der Waals surface area contributed by atoms with Crippen molar-refractivity contribution in [3.8, 4) is 17.2 Å². The van der Waals surface area contributed by atoms with Gasteiger partial charge in [0, 0.05) is 54.4 Å². The predicted octanol–water partition coefficient (Wildman–Crippen LogP) is 6.27. The number of benzene rings is 2. The van der Waals surface area contributed by atoms with Gasteiger partial charge in [-0.1, -0.05) is 24.2 Å². The summed E-state index contributed by atoms with van der Waals surface area (Å²) in [6.45, 7) is 9.38. The quantitative estimate of drug-likeness (QED) is 0.227. The van der Waals surface area contributed by atoms with Crippen LogP contribution in [0.15, 0.2) is 35.7 Å². The summed E-state index contributed by atoms with van der Waals surface area (Å²) in [7, 11) is 4.08. The first-order valence-electron chi connectivity index (χ1n) is 15.8. The Morgan fingerprint density at radius 2 is 1.98 bits per heavy atom. The zero-order valence-electron chi connectivity index (χ0n) is 26.8. The zero-order valence-corrected chi connectivity index (χ0v) is 27.6. The van der Waals surface area contributed by atoms with E-state index in [2.05, 4.69) is 33.5 Å². The van der Waals surface area contributed by atoms with Gasteiger partial charge in [-0.05, 0) is 69.1 Å². The Morgan fingerprint density at radius 3 is 2.68 bits per heavy atom. The van der Waals surface area contributed by atoms with Gasteiger partial charge in [0.2, 0.25) is 0 Å². The second-order valence-electron chi connectivity index (χ2n) is 13.1. The number of anilines is 1. The van der Waals surface area contributed by atoms with E-state index >= 15 is 4.39 Å². The van der Waals surface area contributed by atoms with Crippen molar-refractivity contribution >= 4 is 51.3 Å². The van der Waals surface area contributed by atoms with Gasteiger partial charge in [-0.2, -0.15) is 10.4 Å². The second-order valence-corrected chi connectivity index (χ2v) is 13.5. The standard InChI is InChI=1S/C35H35ClF2N8O/c1-18-10-21-13-40-14-26(21)29(19(18)2)30-28(36)12-25-32(31(30)38)42-34(44-16-24(17-44)43(4)5)27-15-41-46(33(25)27)23-7-9-45(35(47)20(3)37)22(11-23)6-8-39/h10,12,14-15,22-24H,3,6-7,9,11,13,16-17H2,1-2,4-5H3/t22-,23+/m1/s1.